The maximum absolute atomic E-state index is 13.0. The molecule has 1 aliphatic rings. The van der Waals surface area contributed by atoms with Crippen LogP contribution in [0.3, 0.4) is 0 Å². The van der Waals surface area contributed by atoms with Crippen molar-refractivity contribution in [2.45, 2.75) is 41.0 Å². The summed E-state index contributed by atoms with van der Waals surface area (Å²) in [5.74, 6) is -0.418. The molecule has 4 rings (SSSR count). The second-order valence-electron chi connectivity index (χ2n) is 6.95. The molecule has 0 spiro atoms. The Morgan fingerprint density at radius 2 is 1.86 bits per heavy atom. The first kappa shape index (κ1) is 19.0. The number of hydrogen-bond acceptors (Lipinski definition) is 5. The van der Waals surface area contributed by atoms with Crippen LogP contribution in [0.2, 0.25) is 0 Å². The molecule has 1 fully saturated rings. The van der Waals surface area contributed by atoms with Crippen molar-refractivity contribution in [3.63, 3.8) is 0 Å². The molecule has 8 heteroatoms. The topological polar surface area (TPSA) is 80.5 Å². The number of amides is 1. The fraction of sp³-hybridized carbons (Fsp3) is 0.300. The lowest BCUT2D eigenvalue weighted by molar-refractivity contribution is 0.102. The molecule has 0 bridgehead atoms. The van der Waals surface area contributed by atoms with Gasteiger partial charge in [0.2, 0.25) is 15.0 Å². The van der Waals surface area contributed by atoms with Gasteiger partial charge in [0.1, 0.15) is 0 Å². The first-order valence-electron chi connectivity index (χ1n) is 9.17. The molecule has 2 heterocycles. The predicted octanol–water partition coefficient (Wildman–Crippen LogP) is 4.02. The average molecular weight is 416 g/mol. The van der Waals surface area contributed by atoms with Gasteiger partial charge in [0.25, 0.3) is 5.91 Å². The molecule has 0 aliphatic heterocycles. The van der Waals surface area contributed by atoms with Gasteiger partial charge in [0, 0.05) is 22.6 Å². The first-order chi connectivity index (χ1) is 13.4. The van der Waals surface area contributed by atoms with E-state index in [9.17, 15) is 13.2 Å². The minimum absolute atomic E-state index is 0.0988. The van der Waals surface area contributed by atoms with Gasteiger partial charge in [-0.25, -0.2) is 13.4 Å². The van der Waals surface area contributed by atoms with Crippen LogP contribution in [-0.4, -0.2) is 35.2 Å². The van der Waals surface area contributed by atoms with Crippen LogP contribution in [0, 0.1) is 0 Å². The molecule has 1 aromatic carbocycles. The Morgan fingerprint density at radius 1 is 1.14 bits per heavy atom. The van der Waals surface area contributed by atoms with Crippen LogP contribution < -0.4 is 5.32 Å². The summed E-state index contributed by atoms with van der Waals surface area (Å²) < 4.78 is 25.6. The van der Waals surface area contributed by atoms with E-state index in [0.29, 0.717) is 10.8 Å². The van der Waals surface area contributed by atoms with Crippen LogP contribution in [0.4, 0.5) is 5.69 Å². The number of nitrogens with one attached hydrogen (secondary N) is 1. The summed E-state index contributed by atoms with van der Waals surface area (Å²) in [4.78, 5) is 18.1. The molecule has 1 saturated carbocycles. The fourth-order valence-corrected chi connectivity index (χ4v) is 5.58. The van der Waals surface area contributed by atoms with Crippen molar-refractivity contribution < 1.29 is 13.2 Å². The minimum atomic E-state index is -3.57. The van der Waals surface area contributed by atoms with Gasteiger partial charge in [-0.05, 0) is 37.1 Å². The maximum atomic E-state index is 13.0. The van der Waals surface area contributed by atoms with Gasteiger partial charge in [-0.2, -0.15) is 0 Å². The summed E-state index contributed by atoms with van der Waals surface area (Å²) in [6, 6.07) is 12.9. The molecule has 2 aromatic heterocycles. The normalized spacial score (nSPS) is 15.2. The van der Waals surface area contributed by atoms with Crippen LogP contribution in [0.5, 0.6) is 0 Å². The van der Waals surface area contributed by atoms with Crippen LogP contribution in [0.15, 0.2) is 58.7 Å². The maximum Gasteiger partial charge on any atom is 0.276 e. The van der Waals surface area contributed by atoms with Crippen LogP contribution in [0.1, 0.15) is 36.2 Å². The highest BCUT2D eigenvalue weighted by molar-refractivity contribution is 8.00. The summed E-state index contributed by atoms with van der Waals surface area (Å²) in [6.07, 6.45) is 7.57. The first-order valence-corrected chi connectivity index (χ1v) is 11.9. The van der Waals surface area contributed by atoms with Crippen molar-refractivity contribution in [3.05, 3.63) is 54.4 Å². The number of anilines is 1. The van der Waals surface area contributed by atoms with Crippen LogP contribution >= 0.6 is 11.8 Å². The number of carbonyl (C=O) groups is 1. The molecule has 1 amide bonds. The zero-order valence-corrected chi connectivity index (χ0v) is 17.1. The number of hydrogen-bond donors (Lipinski definition) is 1. The molecule has 146 valence electrons. The fourth-order valence-electron chi connectivity index (χ4n) is 3.48. The van der Waals surface area contributed by atoms with E-state index in [0.717, 1.165) is 16.8 Å². The Labute approximate surface area is 168 Å². The van der Waals surface area contributed by atoms with Crippen molar-refractivity contribution in [2.75, 3.05) is 11.6 Å². The number of rotatable bonds is 5. The summed E-state index contributed by atoms with van der Waals surface area (Å²) in [5.41, 5.74) is 1.28. The molecule has 1 aliphatic carbocycles. The number of carbonyl (C=O) groups excluding carboxylic acids is 1. The highest BCUT2D eigenvalue weighted by Gasteiger charge is 2.24. The highest BCUT2D eigenvalue weighted by Crippen LogP contribution is 2.38. The average Bonchev–Trinajstić information content (AvgIpc) is 3.30. The Hall–Kier alpha value is -2.32. The predicted molar refractivity (Wildman–Crippen MR) is 111 cm³/mol. The van der Waals surface area contributed by atoms with Gasteiger partial charge >= 0.3 is 0 Å². The summed E-state index contributed by atoms with van der Waals surface area (Å²) >= 11 is 1.79. The second kappa shape index (κ2) is 7.60. The molecule has 0 atom stereocenters. The molecule has 0 radical (unpaired) electrons. The van der Waals surface area contributed by atoms with E-state index in [1.165, 1.54) is 30.1 Å². The third kappa shape index (κ3) is 3.79. The van der Waals surface area contributed by atoms with Gasteiger partial charge in [-0.3, -0.25) is 9.20 Å². The van der Waals surface area contributed by atoms with Gasteiger partial charge in [0.05, 0.1) is 11.2 Å². The van der Waals surface area contributed by atoms with Crippen molar-refractivity contribution in [1.82, 2.24) is 9.38 Å². The second-order valence-corrected chi connectivity index (χ2v) is 10.2. The number of para-hydroxylation sites is 1. The Balaban J connectivity index is 1.67. The number of aromatic nitrogens is 2. The molecule has 3 aromatic rings. The molecule has 1 N–H and O–H groups in total. The van der Waals surface area contributed by atoms with E-state index in [4.69, 9.17) is 0 Å². The number of thioether (sulfide) groups is 1. The lowest BCUT2D eigenvalue weighted by Crippen LogP contribution is -2.14. The molecular formula is C20H21N3O3S2. The number of fused-ring (bicyclic) bond motifs is 1. The summed E-state index contributed by atoms with van der Waals surface area (Å²) in [5, 5.41) is 3.36. The SMILES string of the molecule is CS(=O)(=O)c1nc(C(=O)Nc2ccccc2SC2CCCC2)c2ccccn12. The number of sulfone groups is 1. The minimum Gasteiger partial charge on any atom is -0.320 e. The van der Waals surface area contributed by atoms with E-state index in [-0.39, 0.29) is 10.9 Å². The Kier molecular flexibility index (Phi) is 5.16. The van der Waals surface area contributed by atoms with E-state index >= 15 is 0 Å². The smallest absolute Gasteiger partial charge is 0.276 e. The number of pyridine rings is 1. The third-order valence-electron chi connectivity index (χ3n) is 4.79. The number of nitrogens with zero attached hydrogens (tertiary/aromatic N) is 2. The monoisotopic (exact) mass is 415 g/mol. The Bertz CT molecular complexity index is 1130. The van der Waals surface area contributed by atoms with Gasteiger partial charge in [-0.1, -0.05) is 31.0 Å². The standard InChI is InChI=1S/C20H21N3O3S2/c1-28(25,26)20-22-18(16-11-6-7-13-23(16)20)19(24)21-15-10-4-5-12-17(15)27-14-8-2-3-9-14/h4-7,10-14H,2-3,8-9H2,1H3,(H,21,24). The number of imidazole rings is 1. The van der Waals surface area contributed by atoms with Crippen LogP contribution in [-0.2, 0) is 9.84 Å². The van der Waals surface area contributed by atoms with E-state index in [1.54, 1.807) is 36.2 Å². The highest BCUT2D eigenvalue weighted by atomic mass is 32.2. The van der Waals surface area contributed by atoms with Gasteiger partial charge in [0.15, 0.2) is 5.69 Å². The third-order valence-corrected chi connectivity index (χ3v) is 7.16. The zero-order valence-electron chi connectivity index (χ0n) is 15.5. The molecule has 0 saturated heterocycles. The van der Waals surface area contributed by atoms with Crippen LogP contribution in [0.25, 0.3) is 5.52 Å². The largest absolute Gasteiger partial charge is 0.320 e. The van der Waals surface area contributed by atoms with Gasteiger partial charge < -0.3 is 5.32 Å². The van der Waals surface area contributed by atoms with Crippen molar-refractivity contribution >= 4 is 38.7 Å². The molecular weight excluding hydrogens is 394 g/mol. The van der Waals surface area contributed by atoms with Crippen molar-refractivity contribution in [3.8, 4) is 0 Å². The lowest BCUT2D eigenvalue weighted by atomic mass is 10.3. The summed E-state index contributed by atoms with van der Waals surface area (Å²) in [7, 11) is -3.57. The number of benzene rings is 1. The van der Waals surface area contributed by atoms with Crippen molar-refractivity contribution in [2.24, 2.45) is 0 Å². The van der Waals surface area contributed by atoms with E-state index in [1.807, 2.05) is 24.3 Å². The van der Waals surface area contributed by atoms with E-state index in [2.05, 4.69) is 10.3 Å². The lowest BCUT2D eigenvalue weighted by Gasteiger charge is -2.13. The zero-order chi connectivity index (χ0) is 19.7. The summed E-state index contributed by atoms with van der Waals surface area (Å²) in [6.45, 7) is 0. The van der Waals surface area contributed by atoms with E-state index < -0.39 is 15.7 Å². The quantitative estimate of drug-likeness (QED) is 0.681. The Morgan fingerprint density at radius 3 is 2.61 bits per heavy atom. The molecule has 6 nitrogen and oxygen atoms in total. The molecule has 0 unspecified atom stereocenters. The van der Waals surface area contributed by atoms with Crippen molar-refractivity contribution in [1.29, 1.82) is 0 Å². The molecule has 28 heavy (non-hydrogen) atoms. The van der Waals surface area contributed by atoms with Gasteiger partial charge in [-0.15, -0.1) is 11.8 Å².